The van der Waals surface area contributed by atoms with Gasteiger partial charge in [-0.2, -0.15) is 0 Å². The minimum atomic E-state index is -0.293. The van der Waals surface area contributed by atoms with Gasteiger partial charge in [-0.1, -0.05) is 17.3 Å². The number of hydrogen-bond donors (Lipinski definition) is 0. The summed E-state index contributed by atoms with van der Waals surface area (Å²) in [6, 6.07) is 7.00. The van der Waals surface area contributed by atoms with Gasteiger partial charge in [-0.05, 0) is 25.0 Å². The highest BCUT2D eigenvalue weighted by atomic mass is 32.1. The summed E-state index contributed by atoms with van der Waals surface area (Å²) >= 11 is 1.55. The van der Waals surface area contributed by atoms with Gasteiger partial charge in [-0.15, -0.1) is 16.4 Å². The van der Waals surface area contributed by atoms with Gasteiger partial charge < -0.3 is 4.90 Å². The van der Waals surface area contributed by atoms with Gasteiger partial charge in [-0.3, -0.25) is 9.59 Å². The number of amides is 1. The summed E-state index contributed by atoms with van der Waals surface area (Å²) < 4.78 is 1.14. The Bertz CT molecular complexity index is 937. The lowest BCUT2D eigenvalue weighted by Crippen LogP contribution is -2.37. The number of hydrogen-bond acceptors (Lipinski definition) is 6. The molecule has 0 N–H and O–H groups in total. The van der Waals surface area contributed by atoms with Gasteiger partial charge >= 0.3 is 0 Å². The van der Waals surface area contributed by atoms with E-state index in [1.54, 1.807) is 46.7 Å². The Morgan fingerprint density at radius 1 is 1.33 bits per heavy atom. The number of nitrogens with zero attached hydrogens (tertiary/aromatic N) is 5. The lowest BCUT2D eigenvalue weighted by Gasteiger charge is -2.23. The van der Waals surface area contributed by atoms with Crippen LogP contribution in [0.5, 0.6) is 0 Å². The molecule has 1 fully saturated rings. The molecule has 0 saturated carbocycles. The third-order valence-electron chi connectivity index (χ3n) is 4.22. The van der Waals surface area contributed by atoms with E-state index in [0.717, 1.165) is 22.5 Å². The van der Waals surface area contributed by atoms with Gasteiger partial charge in [0.2, 0.25) is 5.91 Å². The van der Waals surface area contributed by atoms with Crippen molar-refractivity contribution in [3.8, 4) is 0 Å². The summed E-state index contributed by atoms with van der Waals surface area (Å²) in [4.78, 5) is 31.3. The second-order valence-corrected chi connectivity index (χ2v) is 6.61. The molecule has 1 saturated heterocycles. The van der Waals surface area contributed by atoms with E-state index >= 15 is 0 Å². The van der Waals surface area contributed by atoms with Gasteiger partial charge in [0.15, 0.2) is 0 Å². The van der Waals surface area contributed by atoms with E-state index in [9.17, 15) is 9.59 Å². The molecule has 3 aromatic rings. The van der Waals surface area contributed by atoms with Gasteiger partial charge in [0.05, 0.1) is 11.4 Å². The number of likely N-dealkylation sites (tertiary alicyclic amines) is 1. The number of carbonyl (C=O) groups is 1. The van der Waals surface area contributed by atoms with Crippen LogP contribution >= 0.6 is 11.3 Å². The first-order valence-corrected chi connectivity index (χ1v) is 8.63. The average molecular weight is 341 g/mol. The third-order valence-corrected chi connectivity index (χ3v) is 5.10. The van der Waals surface area contributed by atoms with E-state index < -0.39 is 0 Å². The first kappa shape index (κ1) is 14.9. The fourth-order valence-corrected chi connectivity index (χ4v) is 3.85. The Labute approximate surface area is 141 Å². The number of benzene rings is 1. The smallest absolute Gasteiger partial charge is 0.278 e. The fourth-order valence-electron chi connectivity index (χ4n) is 3.07. The van der Waals surface area contributed by atoms with E-state index in [1.807, 2.05) is 5.38 Å². The summed E-state index contributed by atoms with van der Waals surface area (Å²) in [7, 11) is 0. The van der Waals surface area contributed by atoms with E-state index in [1.165, 1.54) is 0 Å². The average Bonchev–Trinajstić information content (AvgIpc) is 3.28. The Morgan fingerprint density at radius 3 is 3.04 bits per heavy atom. The minimum absolute atomic E-state index is 0.00150. The second kappa shape index (κ2) is 6.12. The molecule has 1 aliphatic heterocycles. The molecule has 3 heterocycles. The number of fused-ring (bicyclic) bond motifs is 1. The van der Waals surface area contributed by atoms with Crippen LogP contribution in [0.3, 0.4) is 0 Å². The summed E-state index contributed by atoms with van der Waals surface area (Å²) in [6.07, 6.45) is 3.59. The first-order valence-electron chi connectivity index (χ1n) is 7.75. The van der Waals surface area contributed by atoms with Crippen LogP contribution in [0, 0.1) is 0 Å². The standard InChI is InChI=1S/C16H15N5O2S/c22-14(20-8-3-6-13(20)15-17-7-9-24-15)10-21-16(23)11-4-1-2-5-12(11)18-19-21/h1-2,4-5,7,9,13H,3,6,8,10H2. The largest absolute Gasteiger partial charge is 0.332 e. The monoisotopic (exact) mass is 341 g/mol. The fraction of sp³-hybridized carbons (Fsp3) is 0.312. The maximum absolute atomic E-state index is 12.7. The summed E-state index contributed by atoms with van der Waals surface area (Å²) in [6.45, 7) is 0.581. The summed E-state index contributed by atoms with van der Waals surface area (Å²) in [5, 5.41) is 11.2. The third kappa shape index (κ3) is 2.58. The van der Waals surface area contributed by atoms with Crippen LogP contribution in [0.15, 0.2) is 40.6 Å². The SMILES string of the molecule is O=C(Cn1nnc2ccccc2c1=O)N1CCCC1c1nccs1. The highest BCUT2D eigenvalue weighted by molar-refractivity contribution is 7.09. The number of rotatable bonds is 3. The number of thiazole rings is 1. The Hall–Kier alpha value is -2.61. The van der Waals surface area contributed by atoms with Gasteiger partial charge in [0.25, 0.3) is 5.56 Å². The molecule has 1 unspecified atom stereocenters. The Balaban J connectivity index is 1.60. The van der Waals surface area contributed by atoms with Gasteiger partial charge in [-0.25, -0.2) is 9.67 Å². The van der Waals surface area contributed by atoms with E-state index in [2.05, 4.69) is 15.3 Å². The highest BCUT2D eigenvalue weighted by Gasteiger charge is 2.31. The van der Waals surface area contributed by atoms with Crippen LogP contribution in [0.2, 0.25) is 0 Å². The van der Waals surface area contributed by atoms with Crippen LogP contribution in [0.4, 0.5) is 0 Å². The van der Waals surface area contributed by atoms with Crippen molar-refractivity contribution in [3.05, 3.63) is 51.2 Å². The van der Waals surface area contributed by atoms with Crippen molar-refractivity contribution < 1.29 is 4.79 Å². The number of carbonyl (C=O) groups excluding carboxylic acids is 1. The molecule has 2 aromatic heterocycles. The maximum atomic E-state index is 12.7. The zero-order valence-corrected chi connectivity index (χ0v) is 13.6. The highest BCUT2D eigenvalue weighted by Crippen LogP contribution is 2.32. The molecule has 122 valence electrons. The van der Waals surface area contributed by atoms with Crippen molar-refractivity contribution in [1.29, 1.82) is 0 Å². The van der Waals surface area contributed by atoms with Crippen molar-refractivity contribution in [2.75, 3.05) is 6.54 Å². The van der Waals surface area contributed by atoms with Gasteiger partial charge in [0.1, 0.15) is 17.1 Å². The van der Waals surface area contributed by atoms with Crippen LogP contribution in [0.1, 0.15) is 23.9 Å². The van der Waals surface area contributed by atoms with Crippen LogP contribution in [-0.4, -0.2) is 37.3 Å². The molecular formula is C16H15N5O2S. The molecule has 0 spiro atoms. The molecule has 1 atom stereocenters. The maximum Gasteiger partial charge on any atom is 0.278 e. The molecule has 1 aliphatic rings. The van der Waals surface area contributed by atoms with Crippen LogP contribution < -0.4 is 5.56 Å². The normalized spacial score (nSPS) is 17.5. The van der Waals surface area contributed by atoms with Crippen LogP contribution in [-0.2, 0) is 11.3 Å². The van der Waals surface area contributed by atoms with E-state index in [0.29, 0.717) is 17.4 Å². The van der Waals surface area contributed by atoms with E-state index in [-0.39, 0.29) is 24.1 Å². The van der Waals surface area contributed by atoms with Gasteiger partial charge in [0, 0.05) is 18.1 Å². The topological polar surface area (TPSA) is 81.0 Å². The Kier molecular flexibility index (Phi) is 3.81. The molecule has 1 aromatic carbocycles. The van der Waals surface area contributed by atoms with Crippen molar-refractivity contribution in [3.63, 3.8) is 0 Å². The molecular weight excluding hydrogens is 326 g/mol. The molecule has 0 radical (unpaired) electrons. The summed E-state index contributed by atoms with van der Waals surface area (Å²) in [5.41, 5.74) is 0.243. The molecule has 1 amide bonds. The lowest BCUT2D eigenvalue weighted by molar-refractivity contribution is -0.133. The predicted octanol–water partition coefficient (Wildman–Crippen LogP) is 1.61. The van der Waals surface area contributed by atoms with Crippen molar-refractivity contribution in [2.45, 2.75) is 25.4 Å². The predicted molar refractivity (Wildman–Crippen MR) is 89.6 cm³/mol. The zero-order valence-electron chi connectivity index (χ0n) is 12.8. The quantitative estimate of drug-likeness (QED) is 0.723. The molecule has 7 nitrogen and oxygen atoms in total. The molecule has 24 heavy (non-hydrogen) atoms. The molecule has 0 bridgehead atoms. The Morgan fingerprint density at radius 2 is 2.21 bits per heavy atom. The summed E-state index contributed by atoms with van der Waals surface area (Å²) in [5.74, 6) is -0.126. The minimum Gasteiger partial charge on any atom is -0.332 e. The van der Waals surface area contributed by atoms with Crippen molar-refractivity contribution >= 4 is 28.1 Å². The first-order chi connectivity index (χ1) is 11.7. The number of aromatic nitrogens is 4. The van der Waals surface area contributed by atoms with Crippen molar-refractivity contribution in [1.82, 2.24) is 24.9 Å². The van der Waals surface area contributed by atoms with E-state index in [4.69, 9.17) is 0 Å². The lowest BCUT2D eigenvalue weighted by atomic mass is 10.2. The molecule has 4 rings (SSSR count). The molecule has 8 heteroatoms. The zero-order chi connectivity index (χ0) is 16.5. The molecule has 0 aliphatic carbocycles. The van der Waals surface area contributed by atoms with Crippen molar-refractivity contribution in [2.24, 2.45) is 0 Å². The second-order valence-electron chi connectivity index (χ2n) is 5.68. The van der Waals surface area contributed by atoms with Crippen LogP contribution in [0.25, 0.3) is 10.9 Å².